The number of nitrogens with zero attached hydrogens (tertiary/aromatic N) is 4. The van der Waals surface area contributed by atoms with Crippen LogP contribution in [0, 0.1) is 0 Å². The highest BCUT2D eigenvalue weighted by Gasteiger charge is 2.15. The molecule has 0 aliphatic heterocycles. The molecule has 2 aromatic rings. The highest BCUT2D eigenvalue weighted by Crippen LogP contribution is 2.14. The minimum absolute atomic E-state index is 0. The van der Waals surface area contributed by atoms with Crippen molar-refractivity contribution in [2.45, 2.75) is 31.8 Å². The van der Waals surface area contributed by atoms with E-state index in [1.54, 1.807) is 4.68 Å². The number of tetrazole rings is 1. The molecule has 0 saturated carbocycles. The second-order valence-electron chi connectivity index (χ2n) is 4.98. The maximum atomic E-state index is 8.57. The van der Waals surface area contributed by atoms with Gasteiger partial charge in [-0.05, 0) is 35.3 Å². The van der Waals surface area contributed by atoms with Crippen LogP contribution in [0.5, 0.6) is 0 Å². The molecule has 0 aliphatic rings. The maximum Gasteiger partial charge on any atom is 0.633 e. The molecule has 8 nitrogen and oxygen atoms in total. The first-order valence-electron chi connectivity index (χ1n) is 7.20. The highest BCUT2D eigenvalue weighted by molar-refractivity contribution is 6.32. The molecule has 1 atom stereocenters. The van der Waals surface area contributed by atoms with Crippen LogP contribution in [-0.4, -0.2) is 44.2 Å². The zero-order chi connectivity index (χ0) is 15.8. The van der Waals surface area contributed by atoms with Gasteiger partial charge in [-0.3, -0.25) is 0 Å². The lowest BCUT2D eigenvalue weighted by atomic mass is 10.1. The average Bonchev–Trinajstić information content (AvgIpc) is 2.95. The van der Waals surface area contributed by atoms with E-state index in [1.165, 1.54) is 0 Å². The van der Waals surface area contributed by atoms with Crippen molar-refractivity contribution in [1.29, 1.82) is 0 Å². The van der Waals surface area contributed by atoms with Crippen molar-refractivity contribution in [2.24, 2.45) is 5.73 Å². The van der Waals surface area contributed by atoms with E-state index in [0.29, 0.717) is 25.2 Å². The second kappa shape index (κ2) is 10.3. The predicted molar refractivity (Wildman–Crippen MR) is 87.5 cm³/mol. The normalized spacial score (nSPS) is 11.8. The fraction of sp³-hybridized carbons (Fsp3) is 0.462. The molecule has 1 heterocycles. The Balaban J connectivity index is 0.00000264. The molecule has 2 rings (SSSR count). The van der Waals surface area contributed by atoms with Gasteiger partial charge in [-0.1, -0.05) is 30.3 Å². The molecular formula is C13H21BClN5O3. The van der Waals surface area contributed by atoms with E-state index in [9.17, 15) is 0 Å². The third-order valence-corrected chi connectivity index (χ3v) is 3.24. The Labute approximate surface area is 141 Å². The topological polar surface area (TPSA) is 119 Å². The van der Waals surface area contributed by atoms with Crippen LogP contribution in [0.4, 0.5) is 0 Å². The first-order valence-corrected chi connectivity index (χ1v) is 7.20. The monoisotopic (exact) mass is 341 g/mol. The molecule has 10 heteroatoms. The summed E-state index contributed by atoms with van der Waals surface area (Å²) in [7, 11) is -1.72. The molecule has 0 aliphatic carbocycles. The van der Waals surface area contributed by atoms with Crippen LogP contribution in [-0.2, 0) is 11.2 Å². The van der Waals surface area contributed by atoms with E-state index in [1.807, 2.05) is 30.3 Å². The molecule has 0 radical (unpaired) electrons. The fourth-order valence-electron chi connectivity index (χ4n) is 2.13. The Morgan fingerprint density at radius 1 is 1.22 bits per heavy atom. The van der Waals surface area contributed by atoms with E-state index >= 15 is 0 Å². The lowest BCUT2D eigenvalue weighted by Gasteiger charge is -2.11. The van der Waals surface area contributed by atoms with E-state index in [4.69, 9.17) is 15.8 Å². The number of rotatable bonds is 9. The third-order valence-electron chi connectivity index (χ3n) is 3.24. The number of hydrogen-bond donors (Lipinski definition) is 3. The molecule has 4 N–H and O–H groups in total. The Bertz CT molecular complexity index is 558. The predicted octanol–water partition coefficient (Wildman–Crippen LogP) is 0.299. The zero-order valence-corrected chi connectivity index (χ0v) is 13.5. The van der Waals surface area contributed by atoms with Crippen LogP contribution in [0.2, 0.25) is 0 Å². The molecule has 0 saturated heterocycles. The summed E-state index contributed by atoms with van der Waals surface area (Å²) in [6, 6.07) is 9.64. The van der Waals surface area contributed by atoms with Gasteiger partial charge in [0.25, 0.3) is 0 Å². The van der Waals surface area contributed by atoms with Crippen molar-refractivity contribution in [3.05, 3.63) is 41.7 Å². The maximum absolute atomic E-state index is 8.57. The van der Waals surface area contributed by atoms with E-state index < -0.39 is 7.32 Å². The molecule has 1 aromatic carbocycles. The number of nitrogens with two attached hydrogens (primary N) is 1. The van der Waals surface area contributed by atoms with Gasteiger partial charge in [0.05, 0.1) is 12.6 Å². The van der Waals surface area contributed by atoms with Crippen LogP contribution < -0.4 is 5.73 Å². The van der Waals surface area contributed by atoms with Gasteiger partial charge in [0.2, 0.25) is 0 Å². The molecular weight excluding hydrogens is 320 g/mol. The molecule has 0 spiro atoms. The van der Waals surface area contributed by atoms with Crippen molar-refractivity contribution in [1.82, 2.24) is 20.2 Å². The number of aromatic nitrogens is 4. The van der Waals surface area contributed by atoms with Crippen molar-refractivity contribution < 1.29 is 14.7 Å². The number of hydrogen-bond acceptors (Lipinski definition) is 7. The molecule has 0 bridgehead atoms. The van der Waals surface area contributed by atoms with Gasteiger partial charge >= 0.3 is 7.32 Å². The Kier molecular flexibility index (Phi) is 8.74. The first kappa shape index (κ1) is 19.5. The van der Waals surface area contributed by atoms with Gasteiger partial charge in [-0.25, -0.2) is 4.68 Å². The van der Waals surface area contributed by atoms with E-state index in [2.05, 4.69) is 20.2 Å². The van der Waals surface area contributed by atoms with Crippen LogP contribution in [0.3, 0.4) is 0 Å². The summed E-state index contributed by atoms with van der Waals surface area (Å²) >= 11 is 0. The summed E-state index contributed by atoms with van der Waals surface area (Å²) in [5.74, 6) is 0.645. The van der Waals surface area contributed by atoms with Crippen molar-refractivity contribution in [3.63, 3.8) is 0 Å². The molecule has 0 amide bonds. The molecule has 0 fully saturated rings. The van der Waals surface area contributed by atoms with Gasteiger partial charge in [0.15, 0.2) is 5.82 Å². The van der Waals surface area contributed by atoms with Crippen LogP contribution >= 0.6 is 12.4 Å². The summed E-state index contributed by atoms with van der Waals surface area (Å²) < 4.78 is 6.34. The average molecular weight is 342 g/mol. The van der Waals surface area contributed by atoms with Gasteiger partial charge in [-0.15, -0.1) is 17.5 Å². The van der Waals surface area contributed by atoms with E-state index in [0.717, 1.165) is 12.0 Å². The SMILES string of the molecule is Cl.NC(CCCCOB(O)O)c1nnnn1Cc1ccccc1. The van der Waals surface area contributed by atoms with Gasteiger partial charge in [-0.2, -0.15) is 0 Å². The van der Waals surface area contributed by atoms with Crippen LogP contribution in [0.1, 0.15) is 36.7 Å². The first-order chi connectivity index (χ1) is 10.7. The Hall–Kier alpha value is -1.52. The Morgan fingerprint density at radius 3 is 2.65 bits per heavy atom. The summed E-state index contributed by atoms with van der Waals surface area (Å²) in [5, 5.41) is 28.8. The van der Waals surface area contributed by atoms with Crippen molar-refractivity contribution >= 4 is 19.7 Å². The smallest absolute Gasteiger partial charge is 0.402 e. The molecule has 1 unspecified atom stereocenters. The summed E-state index contributed by atoms with van der Waals surface area (Å²) in [6.07, 6.45) is 2.16. The molecule has 126 valence electrons. The largest absolute Gasteiger partial charge is 0.633 e. The van der Waals surface area contributed by atoms with Crippen LogP contribution in [0.25, 0.3) is 0 Å². The van der Waals surface area contributed by atoms with Gasteiger partial charge in [0.1, 0.15) is 0 Å². The van der Waals surface area contributed by atoms with Crippen molar-refractivity contribution in [3.8, 4) is 0 Å². The van der Waals surface area contributed by atoms with Crippen LogP contribution in [0.15, 0.2) is 30.3 Å². The number of benzene rings is 1. The lowest BCUT2D eigenvalue weighted by molar-refractivity contribution is 0.181. The minimum Gasteiger partial charge on any atom is -0.402 e. The highest BCUT2D eigenvalue weighted by atomic mass is 35.5. The number of halogens is 1. The summed E-state index contributed by atoms with van der Waals surface area (Å²) in [5.41, 5.74) is 7.24. The summed E-state index contributed by atoms with van der Waals surface area (Å²) in [4.78, 5) is 0. The van der Waals surface area contributed by atoms with Gasteiger partial charge in [0, 0.05) is 6.61 Å². The van der Waals surface area contributed by atoms with E-state index in [-0.39, 0.29) is 25.1 Å². The summed E-state index contributed by atoms with van der Waals surface area (Å²) in [6.45, 7) is 0.857. The fourth-order valence-corrected chi connectivity index (χ4v) is 2.13. The van der Waals surface area contributed by atoms with Gasteiger partial charge < -0.3 is 20.4 Å². The zero-order valence-electron chi connectivity index (χ0n) is 12.7. The molecule has 1 aromatic heterocycles. The number of unbranched alkanes of at least 4 members (excludes halogenated alkanes) is 1. The third kappa shape index (κ3) is 6.63. The lowest BCUT2D eigenvalue weighted by Crippen LogP contribution is -2.19. The second-order valence-corrected chi connectivity index (χ2v) is 4.98. The quantitative estimate of drug-likeness (QED) is 0.443. The van der Waals surface area contributed by atoms with Crippen molar-refractivity contribution in [2.75, 3.05) is 6.61 Å². The standard InChI is InChI=1S/C13H20BN5O3.ClH/c15-12(8-4-5-9-22-14(20)21)13-16-17-18-19(13)10-11-6-2-1-3-7-11;/h1-3,6-7,12,20-21H,4-5,8-10,15H2;1H. The Morgan fingerprint density at radius 2 is 1.96 bits per heavy atom. The minimum atomic E-state index is -1.72. The molecule has 23 heavy (non-hydrogen) atoms.